The Hall–Kier alpha value is -2.26. The number of nitro benzene ring substituents is 2. The summed E-state index contributed by atoms with van der Waals surface area (Å²) in [5, 5.41) is 24.9. The number of nitrogens with zero attached hydrogens (tertiary/aromatic N) is 3. The van der Waals surface area contributed by atoms with Crippen molar-refractivity contribution in [3.8, 4) is 0 Å². The largest absolute Gasteiger partial charge is 0.374 e. The van der Waals surface area contributed by atoms with Crippen molar-refractivity contribution >= 4 is 17.1 Å². The first-order chi connectivity index (χ1) is 10.4. The monoisotopic (exact) mass is 310 g/mol. The molecule has 1 aliphatic heterocycles. The van der Waals surface area contributed by atoms with E-state index in [1.165, 1.54) is 12.1 Å². The Morgan fingerprint density at radius 3 is 2.68 bits per heavy atom. The molecule has 0 saturated carbocycles. The van der Waals surface area contributed by atoms with Gasteiger partial charge in [-0.1, -0.05) is 0 Å². The first-order valence-corrected chi connectivity index (χ1v) is 6.88. The van der Waals surface area contributed by atoms with Crippen LogP contribution in [-0.2, 0) is 4.74 Å². The lowest BCUT2D eigenvalue weighted by Gasteiger charge is -2.34. The Kier molecular flexibility index (Phi) is 4.88. The second-order valence-corrected chi connectivity index (χ2v) is 5.32. The van der Waals surface area contributed by atoms with Crippen LogP contribution >= 0.6 is 0 Å². The normalized spacial score (nSPS) is 20.4. The zero-order valence-electron chi connectivity index (χ0n) is 12.4. The van der Waals surface area contributed by atoms with Crippen LogP contribution in [0.4, 0.5) is 17.1 Å². The van der Waals surface area contributed by atoms with E-state index in [-0.39, 0.29) is 29.2 Å². The highest BCUT2D eigenvalue weighted by Gasteiger charge is 2.26. The van der Waals surface area contributed by atoms with Crippen molar-refractivity contribution in [2.45, 2.75) is 19.1 Å². The number of hydrogen-bond donors (Lipinski definition) is 1. The molecule has 2 unspecified atom stereocenters. The first-order valence-electron chi connectivity index (χ1n) is 6.88. The Balaban J connectivity index is 2.17. The number of anilines is 1. The van der Waals surface area contributed by atoms with Crippen LogP contribution in [0.5, 0.6) is 0 Å². The van der Waals surface area contributed by atoms with Crippen LogP contribution in [0.2, 0.25) is 0 Å². The molecule has 0 amide bonds. The molecule has 120 valence electrons. The zero-order valence-corrected chi connectivity index (χ0v) is 12.4. The summed E-state index contributed by atoms with van der Waals surface area (Å²) in [6.07, 6.45) is -0.103. The Bertz CT molecular complexity index is 580. The molecule has 0 bridgehead atoms. The molecule has 22 heavy (non-hydrogen) atoms. The molecular formula is C13H18N4O5. The third-order valence-corrected chi connectivity index (χ3v) is 3.63. The van der Waals surface area contributed by atoms with Crippen LogP contribution in [-0.4, -0.2) is 53.6 Å². The van der Waals surface area contributed by atoms with E-state index in [0.29, 0.717) is 6.61 Å². The van der Waals surface area contributed by atoms with Gasteiger partial charge in [-0.25, -0.2) is 0 Å². The van der Waals surface area contributed by atoms with Gasteiger partial charge in [0, 0.05) is 19.2 Å². The third-order valence-electron chi connectivity index (χ3n) is 3.63. The number of rotatable bonds is 5. The number of benzene rings is 1. The van der Waals surface area contributed by atoms with Crippen molar-refractivity contribution in [2.75, 3.05) is 32.1 Å². The molecule has 9 heteroatoms. The highest BCUT2D eigenvalue weighted by Crippen LogP contribution is 2.30. The van der Waals surface area contributed by atoms with Gasteiger partial charge in [0.1, 0.15) is 5.69 Å². The SMILES string of the molecule is CC(Nc1ccc([N+](=O)[O-])cc1[N+](=O)[O-])C1CN(C)CCO1. The van der Waals surface area contributed by atoms with Crippen molar-refractivity contribution < 1.29 is 14.6 Å². The number of nitro groups is 2. The molecule has 1 aromatic rings. The zero-order chi connectivity index (χ0) is 16.3. The Labute approximate surface area is 127 Å². The minimum atomic E-state index is -0.653. The average Bonchev–Trinajstić information content (AvgIpc) is 2.47. The molecule has 0 spiro atoms. The molecule has 0 aliphatic carbocycles. The minimum Gasteiger partial charge on any atom is -0.374 e. The van der Waals surface area contributed by atoms with Gasteiger partial charge < -0.3 is 15.0 Å². The maximum absolute atomic E-state index is 11.1. The maximum Gasteiger partial charge on any atom is 0.299 e. The van der Waals surface area contributed by atoms with Gasteiger partial charge in [0.25, 0.3) is 11.4 Å². The highest BCUT2D eigenvalue weighted by molar-refractivity contribution is 5.65. The summed E-state index contributed by atoms with van der Waals surface area (Å²) >= 11 is 0. The minimum absolute atomic E-state index is 0.103. The molecule has 0 radical (unpaired) electrons. The van der Waals surface area contributed by atoms with E-state index < -0.39 is 9.85 Å². The van der Waals surface area contributed by atoms with Gasteiger partial charge in [-0.2, -0.15) is 0 Å². The lowest BCUT2D eigenvalue weighted by Crippen LogP contribution is -2.47. The van der Waals surface area contributed by atoms with E-state index in [4.69, 9.17) is 4.74 Å². The lowest BCUT2D eigenvalue weighted by molar-refractivity contribution is -0.393. The fourth-order valence-electron chi connectivity index (χ4n) is 2.36. The smallest absolute Gasteiger partial charge is 0.299 e. The fourth-order valence-corrected chi connectivity index (χ4v) is 2.36. The molecule has 1 heterocycles. The molecule has 2 atom stereocenters. The van der Waals surface area contributed by atoms with Crippen LogP contribution < -0.4 is 5.32 Å². The summed E-state index contributed by atoms with van der Waals surface area (Å²) in [5.74, 6) is 0. The topological polar surface area (TPSA) is 111 Å². The van der Waals surface area contributed by atoms with E-state index >= 15 is 0 Å². The summed E-state index contributed by atoms with van der Waals surface area (Å²) < 4.78 is 5.66. The van der Waals surface area contributed by atoms with Crippen molar-refractivity contribution in [3.63, 3.8) is 0 Å². The number of hydrogen-bond acceptors (Lipinski definition) is 7. The third kappa shape index (κ3) is 3.68. The van der Waals surface area contributed by atoms with Crippen molar-refractivity contribution in [1.82, 2.24) is 4.90 Å². The van der Waals surface area contributed by atoms with Crippen LogP contribution in [0.1, 0.15) is 6.92 Å². The van der Waals surface area contributed by atoms with Crippen LogP contribution in [0.25, 0.3) is 0 Å². The van der Waals surface area contributed by atoms with Crippen LogP contribution in [0, 0.1) is 20.2 Å². The Morgan fingerprint density at radius 1 is 1.36 bits per heavy atom. The molecule has 2 rings (SSSR count). The molecule has 0 aromatic heterocycles. The van der Waals surface area contributed by atoms with E-state index in [9.17, 15) is 20.2 Å². The predicted molar refractivity (Wildman–Crippen MR) is 80.1 cm³/mol. The molecule has 1 N–H and O–H groups in total. The number of likely N-dealkylation sites (N-methyl/N-ethyl adjacent to an activating group) is 1. The van der Waals surface area contributed by atoms with Crippen molar-refractivity contribution in [2.24, 2.45) is 0 Å². The number of morpholine rings is 1. The number of non-ortho nitro benzene ring substituents is 1. The summed E-state index contributed by atoms with van der Waals surface area (Å²) in [6, 6.07) is 3.40. The predicted octanol–water partition coefficient (Wildman–Crippen LogP) is 1.63. The molecule has 9 nitrogen and oxygen atoms in total. The molecular weight excluding hydrogens is 292 g/mol. The van der Waals surface area contributed by atoms with Gasteiger partial charge in [-0.15, -0.1) is 0 Å². The van der Waals surface area contributed by atoms with Crippen molar-refractivity contribution in [3.05, 3.63) is 38.4 Å². The summed E-state index contributed by atoms with van der Waals surface area (Å²) in [7, 11) is 1.98. The number of ether oxygens (including phenoxy) is 1. The van der Waals surface area contributed by atoms with E-state index in [0.717, 1.165) is 19.2 Å². The van der Waals surface area contributed by atoms with Crippen molar-refractivity contribution in [1.29, 1.82) is 0 Å². The summed E-state index contributed by atoms with van der Waals surface area (Å²) in [5.41, 5.74) is -0.372. The molecule has 1 aliphatic rings. The van der Waals surface area contributed by atoms with Gasteiger partial charge in [0.2, 0.25) is 0 Å². The van der Waals surface area contributed by atoms with Gasteiger partial charge in [0.05, 0.1) is 34.7 Å². The molecule has 1 fully saturated rings. The van der Waals surface area contributed by atoms with E-state index in [2.05, 4.69) is 10.2 Å². The van der Waals surface area contributed by atoms with Gasteiger partial charge in [-0.3, -0.25) is 20.2 Å². The molecule has 1 saturated heterocycles. The van der Waals surface area contributed by atoms with E-state index in [1.807, 2.05) is 14.0 Å². The highest BCUT2D eigenvalue weighted by atomic mass is 16.6. The first kappa shape index (κ1) is 16.1. The van der Waals surface area contributed by atoms with E-state index in [1.54, 1.807) is 0 Å². The van der Waals surface area contributed by atoms with Gasteiger partial charge in [0.15, 0.2) is 0 Å². The second kappa shape index (κ2) is 6.67. The second-order valence-electron chi connectivity index (χ2n) is 5.32. The summed E-state index contributed by atoms with van der Waals surface area (Å²) in [4.78, 5) is 22.7. The molecule has 1 aromatic carbocycles. The Morgan fingerprint density at radius 2 is 2.09 bits per heavy atom. The average molecular weight is 310 g/mol. The maximum atomic E-state index is 11.1. The van der Waals surface area contributed by atoms with Gasteiger partial charge >= 0.3 is 0 Å². The summed E-state index contributed by atoms with van der Waals surface area (Å²) in [6.45, 7) is 4.04. The fraction of sp³-hybridized carbons (Fsp3) is 0.538. The van der Waals surface area contributed by atoms with Crippen LogP contribution in [0.15, 0.2) is 18.2 Å². The standard InChI is InChI=1S/C13H18N4O5/c1-9(13-8-15(2)5-6-22-13)14-11-4-3-10(16(18)19)7-12(11)17(20)21/h3-4,7,9,13-14H,5-6,8H2,1-2H3. The number of nitrogens with one attached hydrogen (secondary N) is 1. The van der Waals surface area contributed by atoms with Gasteiger partial charge in [-0.05, 0) is 20.0 Å². The van der Waals surface area contributed by atoms with Crippen LogP contribution in [0.3, 0.4) is 0 Å². The lowest BCUT2D eigenvalue weighted by atomic mass is 10.1. The quantitative estimate of drug-likeness (QED) is 0.650.